The van der Waals surface area contributed by atoms with Crippen LogP contribution in [0.4, 0.5) is 5.69 Å². The van der Waals surface area contributed by atoms with Gasteiger partial charge in [-0.2, -0.15) is 5.26 Å². The minimum absolute atomic E-state index is 0.000719. The van der Waals surface area contributed by atoms with Crippen LogP contribution < -0.4 is 4.48 Å². The molecule has 0 radical (unpaired) electrons. The Kier molecular flexibility index (Phi) is 8.01. The molecule has 0 aromatic heterocycles. The molecular weight excluding hydrogens is 443 g/mol. The number of carbonyl (C=O) groups excluding carboxylic acids is 1. The summed E-state index contributed by atoms with van der Waals surface area (Å²) in [4.78, 5) is 14.2. The molecule has 0 unspecified atom stereocenters. The number of benzene rings is 2. The quantitative estimate of drug-likeness (QED) is 0.409. The average molecular weight is 474 g/mol. The number of rotatable bonds is 7. The van der Waals surface area contributed by atoms with Gasteiger partial charge in [0.15, 0.2) is 6.10 Å². The van der Waals surface area contributed by atoms with Crippen LogP contribution in [0, 0.1) is 23.2 Å². The third-order valence-electron chi connectivity index (χ3n) is 5.79. The van der Waals surface area contributed by atoms with Gasteiger partial charge in [-0.25, -0.2) is 9.28 Å². The second kappa shape index (κ2) is 10.4. The molecule has 170 valence electrons. The van der Waals surface area contributed by atoms with Gasteiger partial charge in [-0.15, -0.1) is 0 Å². The van der Waals surface area contributed by atoms with Gasteiger partial charge >= 0.3 is 5.91 Å². The zero-order chi connectivity index (χ0) is 23.5. The molecule has 1 amide bonds. The molecule has 1 aliphatic rings. The number of nitrogens with zero attached hydrogens (tertiary/aromatic N) is 2. The van der Waals surface area contributed by atoms with Gasteiger partial charge in [0.2, 0.25) is 0 Å². The fourth-order valence-electron chi connectivity index (χ4n) is 4.83. The molecule has 2 aromatic carbocycles. The van der Waals surface area contributed by atoms with Crippen molar-refractivity contribution in [3.05, 3.63) is 63.6 Å². The highest BCUT2D eigenvalue weighted by atomic mass is 35.5. The summed E-state index contributed by atoms with van der Waals surface area (Å²) in [5.41, 5.74) is 2.56. The van der Waals surface area contributed by atoms with Crippen LogP contribution in [0.2, 0.25) is 10.0 Å². The predicted molar refractivity (Wildman–Crippen MR) is 131 cm³/mol. The van der Waals surface area contributed by atoms with E-state index in [9.17, 15) is 10.1 Å². The fraction of sp³-hybridized carbons (Fsp3) is 0.462. The molecular formula is C26H31Cl2N2O2+. The van der Waals surface area contributed by atoms with Crippen molar-refractivity contribution in [1.29, 1.82) is 5.26 Å². The first-order chi connectivity index (χ1) is 15.2. The molecule has 2 aromatic rings. The number of amides is 1. The minimum atomic E-state index is -0.723. The Bertz CT molecular complexity index is 1000. The van der Waals surface area contributed by atoms with Crippen LogP contribution in [-0.4, -0.2) is 25.1 Å². The molecule has 0 fully saturated rings. The molecule has 4 nitrogen and oxygen atoms in total. The van der Waals surface area contributed by atoms with E-state index in [4.69, 9.17) is 27.9 Å². The van der Waals surface area contributed by atoms with Crippen molar-refractivity contribution in [1.82, 2.24) is 4.48 Å². The first-order valence-corrected chi connectivity index (χ1v) is 11.9. The van der Waals surface area contributed by atoms with E-state index in [-0.39, 0.29) is 28.6 Å². The predicted octanol–water partition coefficient (Wildman–Crippen LogP) is 6.93. The van der Waals surface area contributed by atoms with Gasteiger partial charge in [-0.1, -0.05) is 69.1 Å². The lowest BCUT2D eigenvalue weighted by Gasteiger charge is -2.39. The lowest BCUT2D eigenvalue weighted by atomic mass is 9.96. The molecule has 0 aliphatic carbocycles. The summed E-state index contributed by atoms with van der Waals surface area (Å²) >= 11 is 13.0. The van der Waals surface area contributed by atoms with Gasteiger partial charge in [0.05, 0.1) is 19.2 Å². The standard InChI is InChI=1S/C26H31Cl2N2O2/c1-17(2)15-30(16-18(3)4)23-12-11-19(27)14-21(23)25(20-8-5-6-9-22(20)28)32-24(26(30)31)10-7-13-29/h5-6,8-9,11-12,14,17-18,24-25H,7,10,15-16H2,1-4H3/q+1/t24-,25-/m0/s1. The molecule has 32 heavy (non-hydrogen) atoms. The summed E-state index contributed by atoms with van der Waals surface area (Å²) in [5, 5.41) is 10.4. The van der Waals surface area contributed by atoms with Crippen molar-refractivity contribution >= 4 is 34.8 Å². The number of quaternary nitrogens is 1. The monoisotopic (exact) mass is 473 g/mol. The molecule has 3 rings (SSSR count). The number of carbonyl (C=O) groups is 1. The summed E-state index contributed by atoms with van der Waals surface area (Å²) < 4.78 is 6.71. The maximum absolute atomic E-state index is 14.2. The van der Waals surface area contributed by atoms with Crippen LogP contribution in [0.25, 0.3) is 0 Å². The van der Waals surface area contributed by atoms with E-state index >= 15 is 0 Å². The van der Waals surface area contributed by atoms with Gasteiger partial charge in [0.25, 0.3) is 0 Å². The van der Waals surface area contributed by atoms with Crippen molar-refractivity contribution in [2.24, 2.45) is 11.8 Å². The Labute approximate surface area is 201 Å². The van der Waals surface area contributed by atoms with Crippen LogP contribution >= 0.6 is 23.2 Å². The van der Waals surface area contributed by atoms with Crippen LogP contribution in [0.1, 0.15) is 57.8 Å². The SMILES string of the molecule is CC(C)C[N+]1(CC(C)C)C(=O)[C@H](CCC#N)O[C@@H](c2ccccc2Cl)c2cc(Cl)ccc21. The van der Waals surface area contributed by atoms with E-state index in [0.717, 1.165) is 16.8 Å². The molecule has 0 spiro atoms. The van der Waals surface area contributed by atoms with Crippen LogP contribution in [0.5, 0.6) is 0 Å². The van der Waals surface area contributed by atoms with E-state index in [0.29, 0.717) is 29.6 Å². The van der Waals surface area contributed by atoms with Crippen LogP contribution in [0.3, 0.4) is 0 Å². The number of hydrogen-bond acceptors (Lipinski definition) is 3. The van der Waals surface area contributed by atoms with Crippen molar-refractivity contribution in [3.63, 3.8) is 0 Å². The highest BCUT2D eigenvalue weighted by molar-refractivity contribution is 6.31. The average Bonchev–Trinajstić information content (AvgIpc) is 2.80. The molecule has 0 N–H and O–H groups in total. The third kappa shape index (κ3) is 5.02. The zero-order valence-electron chi connectivity index (χ0n) is 19.1. The van der Waals surface area contributed by atoms with Crippen LogP contribution in [0.15, 0.2) is 42.5 Å². The maximum atomic E-state index is 14.2. The molecule has 1 aliphatic heterocycles. The second-order valence-corrected chi connectivity index (χ2v) is 10.2. The maximum Gasteiger partial charge on any atom is 0.347 e. The van der Waals surface area contributed by atoms with E-state index in [1.54, 1.807) is 0 Å². The summed E-state index contributed by atoms with van der Waals surface area (Å²) in [6.45, 7) is 9.81. The van der Waals surface area contributed by atoms with Crippen molar-refractivity contribution < 1.29 is 9.53 Å². The molecule has 0 saturated carbocycles. The van der Waals surface area contributed by atoms with Gasteiger partial charge in [-0.05, 0) is 24.6 Å². The van der Waals surface area contributed by atoms with Gasteiger partial charge in [0.1, 0.15) is 11.8 Å². The number of fused-ring (bicyclic) bond motifs is 1. The molecule has 0 saturated heterocycles. The van der Waals surface area contributed by atoms with Crippen LogP contribution in [-0.2, 0) is 9.53 Å². The van der Waals surface area contributed by atoms with Gasteiger partial charge in [0, 0.05) is 45.5 Å². The van der Waals surface area contributed by atoms with Crippen molar-refractivity contribution in [2.75, 3.05) is 13.1 Å². The summed E-state index contributed by atoms with van der Waals surface area (Å²) in [6.07, 6.45) is -0.690. The molecule has 0 bridgehead atoms. The number of nitriles is 1. The number of ether oxygens (including phenoxy) is 1. The Balaban J connectivity index is 2.33. The van der Waals surface area contributed by atoms with Gasteiger partial charge in [-0.3, -0.25) is 0 Å². The Hall–Kier alpha value is -1.90. The lowest BCUT2D eigenvalue weighted by molar-refractivity contribution is -0.145. The lowest BCUT2D eigenvalue weighted by Crippen LogP contribution is -2.61. The first-order valence-electron chi connectivity index (χ1n) is 11.2. The second-order valence-electron chi connectivity index (χ2n) is 9.39. The van der Waals surface area contributed by atoms with E-state index in [1.807, 2.05) is 42.5 Å². The Morgan fingerprint density at radius 1 is 1.03 bits per heavy atom. The topological polar surface area (TPSA) is 50.1 Å². The van der Waals surface area contributed by atoms with E-state index in [2.05, 4.69) is 33.8 Å². The molecule has 1 heterocycles. The fourth-order valence-corrected chi connectivity index (χ4v) is 5.24. The normalized spacial score (nSPS) is 20.2. The largest absolute Gasteiger partial charge is 0.351 e. The van der Waals surface area contributed by atoms with Crippen molar-refractivity contribution in [2.45, 2.75) is 52.7 Å². The summed E-state index contributed by atoms with van der Waals surface area (Å²) in [5.74, 6) is 0.546. The molecule has 2 atom stereocenters. The van der Waals surface area contributed by atoms with E-state index in [1.165, 1.54) is 0 Å². The van der Waals surface area contributed by atoms with E-state index < -0.39 is 12.2 Å². The smallest absolute Gasteiger partial charge is 0.347 e. The third-order valence-corrected chi connectivity index (χ3v) is 6.37. The summed E-state index contributed by atoms with van der Waals surface area (Å²) in [7, 11) is 0. The first kappa shape index (κ1) is 24.7. The minimum Gasteiger partial charge on any atom is -0.351 e. The highest BCUT2D eigenvalue weighted by Gasteiger charge is 2.50. The highest BCUT2D eigenvalue weighted by Crippen LogP contribution is 2.45. The van der Waals surface area contributed by atoms with Gasteiger partial charge < -0.3 is 4.74 Å². The van der Waals surface area contributed by atoms with Crippen molar-refractivity contribution in [3.8, 4) is 6.07 Å². The Morgan fingerprint density at radius 3 is 2.28 bits per heavy atom. The summed E-state index contributed by atoms with van der Waals surface area (Å²) in [6, 6.07) is 15.4. The number of halogens is 2. The Morgan fingerprint density at radius 2 is 1.69 bits per heavy atom. The number of hydrogen-bond donors (Lipinski definition) is 0. The molecule has 6 heteroatoms. The zero-order valence-corrected chi connectivity index (χ0v) is 20.7.